The van der Waals surface area contributed by atoms with Gasteiger partial charge in [-0.3, -0.25) is 0 Å². The molecule has 0 aromatic carbocycles. The number of alkyl halides is 1. The summed E-state index contributed by atoms with van der Waals surface area (Å²) in [5, 5.41) is 3.92. The molecule has 0 atom stereocenters. The van der Waals surface area contributed by atoms with Crippen molar-refractivity contribution in [1.82, 2.24) is 5.43 Å². The Morgan fingerprint density at radius 3 is 2.59 bits per heavy atom. The summed E-state index contributed by atoms with van der Waals surface area (Å²) >= 11 is -0.431. The zero-order chi connectivity index (χ0) is 13.3. The average molecular weight is 389 g/mol. The van der Waals surface area contributed by atoms with Crippen molar-refractivity contribution in [2.45, 2.75) is 45.8 Å². The Morgan fingerprint density at radius 2 is 2.06 bits per heavy atom. The minimum atomic E-state index is -0.431. The summed E-state index contributed by atoms with van der Waals surface area (Å²) in [6.07, 6.45) is 1.10. The van der Waals surface area contributed by atoms with Crippen molar-refractivity contribution in [2.75, 3.05) is 10.2 Å². The topological polar surface area (TPSA) is 41.5 Å². The fraction of sp³-hybridized carbons (Fsp3) is 0.818. The third-order valence-corrected chi connectivity index (χ3v) is 7.12. The van der Waals surface area contributed by atoms with Gasteiger partial charge >= 0.3 is 124 Å². The molecule has 0 fully saturated rings. The number of nitrogens with one attached hydrogen (secondary N) is 1. The molecule has 3 nitrogen and oxygen atoms in total. The second kappa shape index (κ2) is 9.49. The van der Waals surface area contributed by atoms with Crippen LogP contribution >= 0.6 is 21.6 Å². The van der Waals surface area contributed by atoms with Gasteiger partial charge in [0.25, 0.3) is 0 Å². The molecule has 0 radical (unpaired) electrons. The third kappa shape index (κ3) is 11.4. The van der Waals surface area contributed by atoms with E-state index in [9.17, 15) is 4.79 Å². The minimum absolute atomic E-state index is 0.119. The Bertz CT molecular complexity index is 266. The first-order chi connectivity index (χ1) is 7.87. The monoisotopic (exact) mass is 389 g/mol. The number of amides is 1. The molecule has 0 aliphatic heterocycles. The van der Waals surface area contributed by atoms with E-state index in [0.717, 1.165) is 22.3 Å². The Morgan fingerprint density at radius 1 is 1.41 bits per heavy atom. The number of hydrogen-bond donors (Lipinski definition) is 1. The van der Waals surface area contributed by atoms with Gasteiger partial charge in [-0.25, -0.2) is 0 Å². The van der Waals surface area contributed by atoms with E-state index in [0.29, 0.717) is 0 Å². The van der Waals surface area contributed by atoms with Crippen LogP contribution in [-0.2, 0) is 0 Å². The molecule has 0 aliphatic carbocycles. The van der Waals surface area contributed by atoms with Crippen LogP contribution in [0.2, 0.25) is 0 Å². The normalized spacial score (nSPS) is 11.4. The molecule has 1 N–H and O–H groups in total. The summed E-state index contributed by atoms with van der Waals surface area (Å²) in [7, 11) is 3.82. The SMILES string of the molecule is CCSSC(C)(C)CC[I-]C(=O)NN=C(C)C. The molecule has 0 bridgehead atoms. The fourth-order valence-corrected chi connectivity index (χ4v) is 5.75. The van der Waals surface area contributed by atoms with Gasteiger partial charge in [0, 0.05) is 0 Å². The predicted molar refractivity (Wildman–Crippen MR) is 76.6 cm³/mol. The van der Waals surface area contributed by atoms with Crippen molar-refractivity contribution in [1.29, 1.82) is 0 Å². The van der Waals surface area contributed by atoms with Crippen molar-refractivity contribution in [3.05, 3.63) is 0 Å². The summed E-state index contributed by atoms with van der Waals surface area (Å²) in [4.78, 5) is 11.5. The summed E-state index contributed by atoms with van der Waals surface area (Å²) < 4.78 is 1.41. The molecule has 0 heterocycles. The standard InChI is InChI=1S/C11H22IN2OS2/c1-6-16-17-11(4,5)7-8-12-10(15)14-13-9(2)3/h6-8H2,1-5H3,(H,14,15)/q-1. The molecule has 0 aliphatic rings. The van der Waals surface area contributed by atoms with Crippen LogP contribution in [0.4, 0.5) is 4.79 Å². The van der Waals surface area contributed by atoms with E-state index in [4.69, 9.17) is 0 Å². The Labute approximate surface area is 123 Å². The summed E-state index contributed by atoms with van der Waals surface area (Å²) in [5.41, 5.74) is 3.48. The van der Waals surface area contributed by atoms with Gasteiger partial charge in [-0.05, 0) is 0 Å². The van der Waals surface area contributed by atoms with Crippen LogP contribution in [0, 0.1) is 0 Å². The van der Waals surface area contributed by atoms with Crippen LogP contribution < -0.4 is 26.6 Å². The predicted octanol–water partition coefficient (Wildman–Crippen LogP) is 0.751. The zero-order valence-electron chi connectivity index (χ0n) is 11.2. The van der Waals surface area contributed by atoms with Gasteiger partial charge in [0.15, 0.2) is 0 Å². The summed E-state index contributed by atoms with van der Waals surface area (Å²) in [6, 6.07) is 0. The zero-order valence-corrected chi connectivity index (χ0v) is 15.0. The Hall–Kier alpha value is 0.570. The first-order valence-electron chi connectivity index (χ1n) is 5.58. The number of carbonyl (C=O) groups is 1. The number of hydrazone groups is 1. The number of rotatable bonds is 8. The number of halogens is 1. The van der Waals surface area contributed by atoms with Crippen LogP contribution in [0.25, 0.3) is 0 Å². The first kappa shape index (κ1) is 17.6. The molecule has 17 heavy (non-hydrogen) atoms. The van der Waals surface area contributed by atoms with E-state index in [1.165, 1.54) is 0 Å². The van der Waals surface area contributed by atoms with Crippen molar-refractivity contribution in [3.63, 3.8) is 0 Å². The number of nitrogens with zero attached hydrogens (tertiary/aromatic N) is 1. The molecule has 0 saturated heterocycles. The molecule has 102 valence electrons. The Kier molecular flexibility index (Phi) is 9.81. The van der Waals surface area contributed by atoms with Crippen LogP contribution in [0.5, 0.6) is 0 Å². The molecule has 0 saturated carbocycles. The van der Waals surface area contributed by atoms with Gasteiger partial charge in [0.05, 0.1) is 0 Å². The van der Waals surface area contributed by atoms with E-state index >= 15 is 0 Å². The molecule has 1 amide bonds. The first-order valence-corrected chi connectivity index (χ1v) is 10.5. The maximum atomic E-state index is 11.5. The maximum absolute atomic E-state index is 11.5. The van der Waals surface area contributed by atoms with E-state index < -0.39 is 21.2 Å². The summed E-state index contributed by atoms with van der Waals surface area (Å²) in [5.74, 6) is 1.13. The second-order valence-electron chi connectivity index (χ2n) is 4.27. The summed E-state index contributed by atoms with van der Waals surface area (Å²) in [6.45, 7) is 10.4. The van der Waals surface area contributed by atoms with E-state index in [1.54, 1.807) is 0 Å². The van der Waals surface area contributed by atoms with Gasteiger partial charge in [-0.2, -0.15) is 0 Å². The third-order valence-electron chi connectivity index (χ3n) is 1.68. The molecule has 0 rings (SSSR count). The van der Waals surface area contributed by atoms with Gasteiger partial charge in [0.2, 0.25) is 0 Å². The van der Waals surface area contributed by atoms with E-state index in [1.807, 2.05) is 35.4 Å². The molecular formula is C11H22IN2OS2-. The van der Waals surface area contributed by atoms with Crippen molar-refractivity contribution < 1.29 is 26.0 Å². The van der Waals surface area contributed by atoms with Crippen LogP contribution in [0.1, 0.15) is 41.0 Å². The molecule has 0 unspecified atom stereocenters. The second-order valence-corrected chi connectivity index (χ2v) is 10.4. The van der Waals surface area contributed by atoms with Crippen molar-refractivity contribution in [3.8, 4) is 0 Å². The quantitative estimate of drug-likeness (QED) is 0.127. The molecular weight excluding hydrogens is 367 g/mol. The molecule has 0 aromatic rings. The van der Waals surface area contributed by atoms with E-state index in [2.05, 4.69) is 31.3 Å². The number of hydrogen-bond acceptors (Lipinski definition) is 4. The van der Waals surface area contributed by atoms with Crippen LogP contribution in [-0.4, -0.2) is 24.6 Å². The fourth-order valence-electron chi connectivity index (χ4n) is 0.806. The van der Waals surface area contributed by atoms with Gasteiger partial charge in [-0.15, -0.1) is 0 Å². The number of carbonyl (C=O) groups excluding carboxylic acids is 1. The van der Waals surface area contributed by atoms with Crippen LogP contribution in [0.15, 0.2) is 5.10 Å². The van der Waals surface area contributed by atoms with Crippen molar-refractivity contribution >= 4 is 31.2 Å². The van der Waals surface area contributed by atoms with E-state index in [-0.39, 0.29) is 8.66 Å². The van der Waals surface area contributed by atoms with Gasteiger partial charge < -0.3 is 0 Å². The van der Waals surface area contributed by atoms with Gasteiger partial charge in [0.1, 0.15) is 0 Å². The molecule has 0 aromatic heterocycles. The average Bonchev–Trinajstić information content (AvgIpc) is 2.23. The van der Waals surface area contributed by atoms with Crippen LogP contribution in [0.3, 0.4) is 0 Å². The molecule has 6 heteroatoms. The Balaban J connectivity index is 3.75. The van der Waals surface area contributed by atoms with Crippen molar-refractivity contribution in [2.24, 2.45) is 5.10 Å². The van der Waals surface area contributed by atoms with Gasteiger partial charge in [-0.1, -0.05) is 0 Å². The molecule has 0 spiro atoms.